The molecule has 7 heavy (non-hydrogen) atoms. The van der Waals surface area contributed by atoms with Crippen LogP contribution in [-0.4, -0.2) is 20.0 Å². The summed E-state index contributed by atoms with van der Waals surface area (Å²) >= 11 is 0. The van der Waals surface area contributed by atoms with E-state index >= 15 is 0 Å². The van der Waals surface area contributed by atoms with Crippen molar-refractivity contribution in [1.82, 2.24) is 0 Å². The van der Waals surface area contributed by atoms with Crippen LogP contribution in [0.25, 0.3) is 0 Å². The Morgan fingerprint density at radius 1 is 2.00 bits per heavy atom. The maximum absolute atomic E-state index is 11.0. The van der Waals surface area contributed by atoms with Crippen molar-refractivity contribution in [3.8, 4) is 0 Å². The minimum Gasteiger partial charge on any atom is -0.472 e. The number of hydrogen-bond acceptors (Lipinski definition) is 2. The van der Waals surface area contributed by atoms with Gasteiger partial charge < -0.3 is 9.05 Å². The smallest absolute Gasteiger partial charge is 0.472 e. The molecule has 39 valence electrons. The zero-order chi connectivity index (χ0) is 5.70. The number of rotatable bonds is 2. The molecule has 0 unspecified atom stereocenters. The average Bonchev–Trinajstić information content (AvgIpc) is 1.68. The van der Waals surface area contributed by atoms with Crippen molar-refractivity contribution in [1.29, 1.82) is 0 Å². The number of carbonyl (C=O) groups excluding carboxylic acids is 1. The van der Waals surface area contributed by atoms with Crippen molar-refractivity contribution in [2.75, 3.05) is 6.61 Å². The summed E-state index contributed by atoms with van der Waals surface area (Å²) in [5.74, 6) is -0.914. The Hall–Kier alpha value is -0.535. The summed E-state index contributed by atoms with van der Waals surface area (Å²) in [5, 5.41) is 0. The third kappa shape index (κ3) is 3.29. The maximum atomic E-state index is 11.0. The minimum absolute atomic E-state index is 0.108. The SMILES string of the molecule is CCOC(=O)[B]F. The van der Waals surface area contributed by atoms with Gasteiger partial charge in [-0.25, -0.2) is 0 Å². The highest BCUT2D eigenvalue weighted by molar-refractivity contribution is 6.66. The van der Waals surface area contributed by atoms with Crippen LogP contribution < -0.4 is 0 Å². The van der Waals surface area contributed by atoms with Gasteiger partial charge in [-0.2, -0.15) is 0 Å². The van der Waals surface area contributed by atoms with Crippen molar-refractivity contribution >= 4 is 13.4 Å². The first-order valence-corrected chi connectivity index (χ1v) is 1.91. The molecule has 0 aromatic carbocycles. The molecule has 0 amide bonds. The van der Waals surface area contributed by atoms with E-state index in [4.69, 9.17) is 0 Å². The van der Waals surface area contributed by atoms with Crippen molar-refractivity contribution in [3.05, 3.63) is 0 Å². The Kier molecular flexibility index (Phi) is 3.37. The molecule has 0 aliphatic carbocycles. The highest BCUT2D eigenvalue weighted by atomic mass is 19.1. The number of hydrogen-bond donors (Lipinski definition) is 0. The maximum Gasteiger partial charge on any atom is 0.491 e. The first kappa shape index (κ1) is 6.46. The summed E-state index contributed by atoms with van der Waals surface area (Å²) < 4.78 is 15.1. The van der Waals surface area contributed by atoms with Gasteiger partial charge in [-0.05, 0) is 6.92 Å². The van der Waals surface area contributed by atoms with Gasteiger partial charge in [0.25, 0.3) is 5.87 Å². The van der Waals surface area contributed by atoms with E-state index in [0.29, 0.717) is 0 Å². The molecule has 0 saturated heterocycles. The van der Waals surface area contributed by atoms with Gasteiger partial charge in [0.2, 0.25) is 0 Å². The van der Waals surface area contributed by atoms with Crippen LogP contribution in [0.2, 0.25) is 0 Å². The molecule has 0 bridgehead atoms. The summed E-state index contributed by atoms with van der Waals surface area (Å²) in [4.78, 5) is 9.76. The standard InChI is InChI=1S/C3H5BFO2/c1-2-7-3(6)4-5/h2H2,1H3. The first-order chi connectivity index (χ1) is 3.31. The Morgan fingerprint density at radius 3 is 2.71 bits per heavy atom. The molecule has 0 spiro atoms. The fourth-order valence-electron chi connectivity index (χ4n) is 0.174. The summed E-state index contributed by atoms with van der Waals surface area (Å²) in [6.07, 6.45) is 0. The van der Waals surface area contributed by atoms with E-state index in [9.17, 15) is 9.11 Å². The summed E-state index contributed by atoms with van der Waals surface area (Å²) in [6.45, 7) is 1.83. The van der Waals surface area contributed by atoms with Crippen LogP contribution in [0.3, 0.4) is 0 Å². The number of carbonyl (C=O) groups is 1. The second-order valence-electron chi connectivity index (χ2n) is 0.861. The zero-order valence-electron chi connectivity index (χ0n) is 3.98. The molecule has 1 radical (unpaired) electrons. The lowest BCUT2D eigenvalue weighted by atomic mass is 10.1. The molecule has 0 aliphatic heterocycles. The van der Waals surface area contributed by atoms with Gasteiger partial charge in [-0.3, -0.25) is 4.79 Å². The monoisotopic (exact) mass is 103 g/mol. The molecule has 0 aromatic rings. The molecule has 0 heterocycles. The first-order valence-electron chi connectivity index (χ1n) is 1.91. The van der Waals surface area contributed by atoms with Crippen LogP contribution >= 0.6 is 0 Å². The molecule has 0 saturated carbocycles. The molecular formula is C3H5BFO2. The van der Waals surface area contributed by atoms with Crippen molar-refractivity contribution in [3.63, 3.8) is 0 Å². The average molecular weight is 103 g/mol. The number of halogens is 1. The third-order valence-electron chi connectivity index (χ3n) is 0.376. The summed E-state index contributed by atoms with van der Waals surface area (Å²) in [7, 11) is -0.108. The molecule has 0 aliphatic rings. The van der Waals surface area contributed by atoms with E-state index in [1.54, 1.807) is 6.92 Å². The normalized spacial score (nSPS) is 7.71. The molecule has 0 atom stereocenters. The van der Waals surface area contributed by atoms with Crippen molar-refractivity contribution in [2.24, 2.45) is 0 Å². The van der Waals surface area contributed by atoms with E-state index in [1.165, 1.54) is 0 Å². The van der Waals surface area contributed by atoms with Crippen molar-refractivity contribution < 1.29 is 13.8 Å². The van der Waals surface area contributed by atoms with Crippen LogP contribution in [0, 0.1) is 0 Å². The third-order valence-corrected chi connectivity index (χ3v) is 0.376. The van der Waals surface area contributed by atoms with Gasteiger partial charge in [-0.1, -0.05) is 0 Å². The molecular weight excluding hydrogens is 97.8 g/mol. The van der Waals surface area contributed by atoms with Crippen LogP contribution in [-0.2, 0) is 4.74 Å². The largest absolute Gasteiger partial charge is 0.491 e. The van der Waals surface area contributed by atoms with Gasteiger partial charge in [0.1, 0.15) is 0 Å². The topological polar surface area (TPSA) is 26.3 Å². The molecule has 0 rings (SSSR count). The van der Waals surface area contributed by atoms with Gasteiger partial charge >= 0.3 is 7.56 Å². The summed E-state index contributed by atoms with van der Waals surface area (Å²) in [6, 6.07) is 0. The van der Waals surface area contributed by atoms with Crippen LogP contribution in [0.15, 0.2) is 0 Å². The van der Waals surface area contributed by atoms with E-state index in [1.807, 2.05) is 0 Å². The zero-order valence-corrected chi connectivity index (χ0v) is 3.98. The Balaban J connectivity index is 3.00. The van der Waals surface area contributed by atoms with E-state index in [2.05, 4.69) is 4.74 Å². The van der Waals surface area contributed by atoms with E-state index < -0.39 is 5.87 Å². The Labute approximate surface area is 41.9 Å². The molecule has 2 nitrogen and oxygen atoms in total. The lowest BCUT2D eigenvalue weighted by molar-refractivity contribution is 0.177. The number of ether oxygens (including phenoxy) is 1. The predicted molar refractivity (Wildman–Crippen MR) is 23.9 cm³/mol. The summed E-state index contributed by atoms with van der Waals surface area (Å²) in [5.41, 5.74) is 0. The fraction of sp³-hybridized carbons (Fsp3) is 0.667. The van der Waals surface area contributed by atoms with Crippen LogP contribution in [0.4, 0.5) is 9.11 Å². The highest BCUT2D eigenvalue weighted by Crippen LogP contribution is 1.76. The van der Waals surface area contributed by atoms with Gasteiger partial charge in [0.05, 0.1) is 6.61 Å². The van der Waals surface area contributed by atoms with Crippen LogP contribution in [0.5, 0.6) is 0 Å². The van der Waals surface area contributed by atoms with Gasteiger partial charge in [0, 0.05) is 0 Å². The Morgan fingerprint density at radius 2 is 2.57 bits per heavy atom. The Bertz CT molecular complexity index is 66.0. The lowest BCUT2D eigenvalue weighted by Gasteiger charge is -1.91. The quantitative estimate of drug-likeness (QED) is 0.481. The predicted octanol–water partition coefficient (Wildman–Crippen LogP) is 0.732. The minimum atomic E-state index is -0.914. The van der Waals surface area contributed by atoms with Gasteiger partial charge in [-0.15, -0.1) is 0 Å². The highest BCUT2D eigenvalue weighted by Gasteiger charge is 2.00. The van der Waals surface area contributed by atoms with Gasteiger partial charge in [0.15, 0.2) is 0 Å². The second kappa shape index (κ2) is 3.65. The lowest BCUT2D eigenvalue weighted by Crippen LogP contribution is -2.05. The molecule has 0 N–H and O–H groups in total. The molecule has 0 aromatic heterocycles. The van der Waals surface area contributed by atoms with Crippen LogP contribution in [0.1, 0.15) is 6.92 Å². The fourth-order valence-corrected chi connectivity index (χ4v) is 0.174. The second-order valence-corrected chi connectivity index (χ2v) is 0.861. The molecule has 4 heteroatoms. The van der Waals surface area contributed by atoms with E-state index in [0.717, 1.165) is 0 Å². The molecule has 0 fully saturated rings. The van der Waals surface area contributed by atoms with Crippen molar-refractivity contribution in [2.45, 2.75) is 6.92 Å². The van der Waals surface area contributed by atoms with E-state index in [-0.39, 0.29) is 14.2 Å².